The molecule has 0 amide bonds. The molecule has 2 rings (SSSR count). The van der Waals surface area contributed by atoms with E-state index in [4.69, 9.17) is 5.26 Å². The van der Waals surface area contributed by atoms with Crippen molar-refractivity contribution in [2.24, 2.45) is 7.05 Å². The lowest BCUT2D eigenvalue weighted by atomic mass is 10.2. The second kappa shape index (κ2) is 4.60. The minimum Gasteiger partial charge on any atom is -0.317 e. The third kappa shape index (κ3) is 2.05. The molecule has 0 aliphatic carbocycles. The average molecular weight is 220 g/mol. The predicted molar refractivity (Wildman–Crippen MR) is 58.4 cm³/mol. The number of hydrogen-bond acceptors (Lipinski definition) is 5. The molecule has 0 saturated carbocycles. The number of nitrogens with one attached hydrogen (secondary N) is 1. The molecule has 86 valence electrons. The lowest BCUT2D eigenvalue weighted by Gasteiger charge is -2.31. The maximum atomic E-state index is 9.04. The molecule has 1 fully saturated rings. The first-order valence-corrected chi connectivity index (χ1v) is 5.41. The van der Waals surface area contributed by atoms with Gasteiger partial charge < -0.3 is 9.88 Å². The minimum absolute atomic E-state index is 0.0641. The second-order valence-electron chi connectivity index (χ2n) is 4.04. The molecule has 0 radical (unpaired) electrons. The summed E-state index contributed by atoms with van der Waals surface area (Å²) in [7, 11) is 1.95. The molecular formula is C10H16N6. The first kappa shape index (κ1) is 11.0. The van der Waals surface area contributed by atoms with Crippen LogP contribution in [0.15, 0.2) is 0 Å². The van der Waals surface area contributed by atoms with Crippen molar-refractivity contribution in [2.75, 3.05) is 19.6 Å². The first-order chi connectivity index (χ1) is 7.72. The summed E-state index contributed by atoms with van der Waals surface area (Å²) in [6, 6.07) is 2.24. The second-order valence-corrected chi connectivity index (χ2v) is 4.04. The highest BCUT2D eigenvalue weighted by molar-refractivity contribution is 5.00. The van der Waals surface area contributed by atoms with Crippen LogP contribution in [0.4, 0.5) is 0 Å². The standard InChI is InChI=1S/C10H16N6/c1-8-13-14-10(15(8)2)7-16-4-3-12-6-9(16)5-11/h9,12H,3-4,6-7H2,1-2H3. The zero-order valence-corrected chi connectivity index (χ0v) is 9.64. The van der Waals surface area contributed by atoms with Gasteiger partial charge in [-0.3, -0.25) is 4.90 Å². The summed E-state index contributed by atoms with van der Waals surface area (Å²) in [6.07, 6.45) is 0. The van der Waals surface area contributed by atoms with Crippen molar-refractivity contribution >= 4 is 0 Å². The van der Waals surface area contributed by atoms with Crippen molar-refractivity contribution in [2.45, 2.75) is 19.5 Å². The Morgan fingerprint density at radius 2 is 2.38 bits per heavy atom. The van der Waals surface area contributed by atoms with Gasteiger partial charge in [-0.1, -0.05) is 0 Å². The normalized spacial score (nSPS) is 21.9. The predicted octanol–water partition coefficient (Wildman–Crippen LogP) is -0.579. The highest BCUT2D eigenvalue weighted by atomic mass is 15.3. The molecule has 0 aromatic carbocycles. The minimum atomic E-state index is -0.0641. The molecule has 1 aliphatic heterocycles. The van der Waals surface area contributed by atoms with Gasteiger partial charge in [-0.15, -0.1) is 10.2 Å². The Bertz CT molecular complexity index is 404. The van der Waals surface area contributed by atoms with Gasteiger partial charge in [0, 0.05) is 26.7 Å². The molecule has 2 heterocycles. The smallest absolute Gasteiger partial charge is 0.147 e. The van der Waals surface area contributed by atoms with Crippen molar-refractivity contribution in [3.05, 3.63) is 11.6 Å². The molecule has 0 spiro atoms. The van der Waals surface area contributed by atoms with Crippen LogP contribution in [0, 0.1) is 18.3 Å². The molecule has 1 aromatic heterocycles. The number of piperazine rings is 1. The topological polar surface area (TPSA) is 69.8 Å². The van der Waals surface area contributed by atoms with Gasteiger partial charge in [0.25, 0.3) is 0 Å². The van der Waals surface area contributed by atoms with Crippen LogP contribution in [-0.4, -0.2) is 45.3 Å². The van der Waals surface area contributed by atoms with Crippen molar-refractivity contribution in [1.82, 2.24) is 25.0 Å². The zero-order valence-electron chi connectivity index (χ0n) is 9.64. The first-order valence-electron chi connectivity index (χ1n) is 5.41. The van der Waals surface area contributed by atoms with Gasteiger partial charge in [0.2, 0.25) is 0 Å². The van der Waals surface area contributed by atoms with Crippen LogP contribution in [0.3, 0.4) is 0 Å². The Kier molecular flexibility index (Phi) is 3.17. The van der Waals surface area contributed by atoms with E-state index in [1.807, 2.05) is 18.5 Å². The molecule has 1 atom stereocenters. The Labute approximate surface area is 94.9 Å². The fraction of sp³-hybridized carbons (Fsp3) is 0.700. The molecule has 6 nitrogen and oxygen atoms in total. The van der Waals surface area contributed by atoms with Gasteiger partial charge in [-0.2, -0.15) is 5.26 Å². The zero-order chi connectivity index (χ0) is 11.5. The summed E-state index contributed by atoms with van der Waals surface area (Å²) < 4.78 is 1.97. The maximum Gasteiger partial charge on any atom is 0.147 e. The Hall–Kier alpha value is -1.45. The molecule has 0 bridgehead atoms. The van der Waals surface area contributed by atoms with Gasteiger partial charge in [0.15, 0.2) is 0 Å². The number of aryl methyl sites for hydroxylation is 1. The fourth-order valence-corrected chi connectivity index (χ4v) is 1.83. The lowest BCUT2D eigenvalue weighted by molar-refractivity contribution is 0.183. The van der Waals surface area contributed by atoms with Gasteiger partial charge in [-0.05, 0) is 6.92 Å². The number of aromatic nitrogens is 3. The monoisotopic (exact) mass is 220 g/mol. The van der Waals surface area contributed by atoms with E-state index in [0.717, 1.165) is 31.3 Å². The van der Waals surface area contributed by atoms with E-state index < -0.39 is 0 Å². The quantitative estimate of drug-likeness (QED) is 0.722. The van der Waals surface area contributed by atoms with E-state index in [2.05, 4.69) is 26.5 Å². The largest absolute Gasteiger partial charge is 0.317 e. The van der Waals surface area contributed by atoms with Crippen LogP contribution in [0.5, 0.6) is 0 Å². The summed E-state index contributed by atoms with van der Waals surface area (Å²) in [5.74, 6) is 1.82. The van der Waals surface area contributed by atoms with Gasteiger partial charge in [-0.25, -0.2) is 0 Å². The Morgan fingerprint density at radius 3 is 3.00 bits per heavy atom. The van der Waals surface area contributed by atoms with Crippen LogP contribution in [0.1, 0.15) is 11.6 Å². The molecule has 1 aromatic rings. The summed E-state index contributed by atoms with van der Waals surface area (Å²) in [5.41, 5.74) is 0. The van der Waals surface area contributed by atoms with Gasteiger partial charge in [0.1, 0.15) is 17.7 Å². The third-order valence-corrected chi connectivity index (χ3v) is 3.03. The number of nitrogens with zero attached hydrogens (tertiary/aromatic N) is 5. The number of nitriles is 1. The summed E-state index contributed by atoms with van der Waals surface area (Å²) in [6.45, 7) is 5.15. The van der Waals surface area contributed by atoms with E-state index in [1.54, 1.807) is 0 Å². The van der Waals surface area contributed by atoms with E-state index >= 15 is 0 Å². The van der Waals surface area contributed by atoms with Crippen LogP contribution in [-0.2, 0) is 13.6 Å². The van der Waals surface area contributed by atoms with E-state index in [-0.39, 0.29) is 6.04 Å². The van der Waals surface area contributed by atoms with E-state index in [1.165, 1.54) is 0 Å². The van der Waals surface area contributed by atoms with Crippen LogP contribution in [0.2, 0.25) is 0 Å². The maximum absolute atomic E-state index is 9.04. The number of hydrogen-bond donors (Lipinski definition) is 1. The summed E-state index contributed by atoms with van der Waals surface area (Å²) in [4.78, 5) is 2.14. The molecule has 1 unspecified atom stereocenters. The molecule has 16 heavy (non-hydrogen) atoms. The van der Waals surface area contributed by atoms with Crippen molar-refractivity contribution in [3.63, 3.8) is 0 Å². The summed E-state index contributed by atoms with van der Waals surface area (Å²) in [5, 5.41) is 20.4. The number of rotatable bonds is 2. The van der Waals surface area contributed by atoms with E-state index in [0.29, 0.717) is 6.54 Å². The van der Waals surface area contributed by atoms with Gasteiger partial charge >= 0.3 is 0 Å². The molecule has 1 N–H and O–H groups in total. The molecule has 1 aliphatic rings. The van der Waals surface area contributed by atoms with Crippen LogP contribution >= 0.6 is 0 Å². The SMILES string of the molecule is Cc1nnc(CN2CCNCC2C#N)n1C. The highest BCUT2D eigenvalue weighted by Crippen LogP contribution is 2.08. The van der Waals surface area contributed by atoms with Gasteiger partial charge in [0.05, 0.1) is 12.6 Å². The van der Waals surface area contributed by atoms with Crippen molar-refractivity contribution in [3.8, 4) is 6.07 Å². The fourth-order valence-electron chi connectivity index (χ4n) is 1.83. The lowest BCUT2D eigenvalue weighted by Crippen LogP contribution is -2.50. The van der Waals surface area contributed by atoms with E-state index in [9.17, 15) is 0 Å². The Balaban J connectivity index is 2.08. The average Bonchev–Trinajstić information content (AvgIpc) is 2.62. The van der Waals surface area contributed by atoms with Crippen molar-refractivity contribution in [1.29, 1.82) is 5.26 Å². The van der Waals surface area contributed by atoms with Crippen LogP contribution < -0.4 is 5.32 Å². The molecule has 1 saturated heterocycles. The highest BCUT2D eigenvalue weighted by Gasteiger charge is 2.23. The molecular weight excluding hydrogens is 204 g/mol. The van der Waals surface area contributed by atoms with Crippen LogP contribution in [0.25, 0.3) is 0 Å². The molecule has 6 heteroatoms. The third-order valence-electron chi connectivity index (χ3n) is 3.03. The summed E-state index contributed by atoms with van der Waals surface area (Å²) >= 11 is 0. The van der Waals surface area contributed by atoms with Crippen molar-refractivity contribution < 1.29 is 0 Å². The Morgan fingerprint density at radius 1 is 1.56 bits per heavy atom.